The number of aryl methyl sites for hydroxylation is 2. The van der Waals surface area contributed by atoms with Gasteiger partial charge >= 0.3 is 11.9 Å². The highest BCUT2D eigenvalue weighted by Crippen LogP contribution is 2.51. The zero-order chi connectivity index (χ0) is 27.9. The highest BCUT2D eigenvalue weighted by atomic mass is 127. The van der Waals surface area contributed by atoms with E-state index in [1.54, 1.807) is 43.1 Å². The molecule has 3 unspecified atom stereocenters. The fraction of sp³-hybridized carbons (Fsp3) is 0.333. The van der Waals surface area contributed by atoms with Crippen molar-refractivity contribution in [1.82, 2.24) is 15.4 Å². The van der Waals surface area contributed by atoms with Gasteiger partial charge in [-0.3, -0.25) is 9.59 Å². The van der Waals surface area contributed by atoms with Crippen LogP contribution in [0.25, 0.3) is 11.3 Å². The first-order valence-electron chi connectivity index (χ1n) is 12.2. The molecule has 2 fully saturated rings. The number of thioether (sulfide) groups is 1. The number of aromatic nitrogens is 2. The summed E-state index contributed by atoms with van der Waals surface area (Å²) in [6.45, 7) is 4.69. The molecule has 210 valence electrons. The quantitative estimate of drug-likeness (QED) is 0.110. The van der Waals surface area contributed by atoms with E-state index in [1.807, 2.05) is 44.2 Å². The van der Waals surface area contributed by atoms with Crippen LogP contribution in [-0.4, -0.2) is 62.8 Å². The number of nitrogens with zero attached hydrogens (tertiary/aromatic N) is 3. The molecule has 2 saturated heterocycles. The first-order chi connectivity index (χ1) is 18.6. The third-order valence-corrected chi connectivity index (χ3v) is 8.23. The smallest absolute Gasteiger partial charge is 0.347 e. The zero-order valence-corrected chi connectivity index (χ0v) is 25.1. The number of esters is 2. The van der Waals surface area contributed by atoms with E-state index in [0.717, 1.165) is 0 Å². The van der Waals surface area contributed by atoms with E-state index < -0.39 is 52.8 Å². The van der Waals surface area contributed by atoms with Crippen LogP contribution < -0.4 is 33.9 Å². The van der Waals surface area contributed by atoms with Crippen molar-refractivity contribution in [2.75, 3.05) is 6.79 Å². The Labute approximate surface area is 251 Å². The van der Waals surface area contributed by atoms with Gasteiger partial charge in [-0.05, 0) is 26.8 Å². The highest BCUT2D eigenvalue weighted by molar-refractivity contribution is 8.01. The Kier molecular flexibility index (Phi) is 8.54. The maximum absolute atomic E-state index is 13.2. The molecule has 0 aliphatic carbocycles. The Bertz CT molecular complexity index is 1460. The van der Waals surface area contributed by atoms with Crippen LogP contribution in [0.5, 0.6) is 0 Å². The predicted octanol–water partition coefficient (Wildman–Crippen LogP) is -1.00. The molecule has 13 heteroatoms. The maximum atomic E-state index is 13.2. The molecule has 1 aromatic carbocycles. The van der Waals surface area contributed by atoms with Crippen molar-refractivity contribution in [1.29, 1.82) is 0 Å². The van der Waals surface area contributed by atoms with Crippen molar-refractivity contribution < 1.29 is 61.7 Å². The van der Waals surface area contributed by atoms with Gasteiger partial charge in [-0.25, -0.2) is 14.2 Å². The van der Waals surface area contributed by atoms with Gasteiger partial charge in [0.05, 0.1) is 0 Å². The molecule has 0 radical (unpaired) electrons. The van der Waals surface area contributed by atoms with Gasteiger partial charge in [0.15, 0.2) is 12.4 Å². The van der Waals surface area contributed by atoms with Crippen LogP contribution in [0, 0.1) is 6.92 Å². The van der Waals surface area contributed by atoms with Gasteiger partial charge in [0.2, 0.25) is 12.7 Å². The second kappa shape index (κ2) is 11.6. The Morgan fingerprint density at radius 3 is 2.58 bits per heavy atom. The first kappa shape index (κ1) is 29.5. The normalized spacial score (nSPS) is 20.6. The molecule has 3 atom stereocenters. The second-order valence-corrected chi connectivity index (χ2v) is 11.6. The molecule has 40 heavy (non-hydrogen) atoms. The average molecular weight is 679 g/mol. The number of rotatable bonds is 7. The molecule has 2 aliphatic rings. The van der Waals surface area contributed by atoms with Crippen molar-refractivity contribution >= 4 is 35.5 Å². The van der Waals surface area contributed by atoms with Crippen molar-refractivity contribution in [3.05, 3.63) is 71.7 Å². The Balaban J connectivity index is 0.00000370. The number of hydrogen-bond donors (Lipinski definition) is 1. The molecular formula is C27H27IN4O7S. The van der Waals surface area contributed by atoms with Crippen LogP contribution in [0.2, 0.25) is 0 Å². The maximum Gasteiger partial charge on any atom is 0.347 e. The number of carbonyl (C=O) groups is 4. The number of amides is 2. The number of carbonyl (C=O) groups excluding carboxylic acids is 4. The standard InChI is InChI=1S/C27H26N4O7S.HI/c1-15-18(19(29-38-15)16-9-6-5-7-10-16)22(32)28-20-23(33)31-21(27(2,3)39-24(20)31)26(35)37-14-36-25(34)17-11-8-12-30(4)13-17;/h5-13,20-21,24H,14H2,1-4H3;1H. The Morgan fingerprint density at radius 1 is 1.15 bits per heavy atom. The zero-order valence-electron chi connectivity index (χ0n) is 22.1. The van der Waals surface area contributed by atoms with Crippen LogP contribution >= 0.6 is 11.8 Å². The lowest BCUT2D eigenvalue weighted by Crippen LogP contribution is -3.00. The molecule has 11 nitrogen and oxygen atoms in total. The van der Waals surface area contributed by atoms with Gasteiger partial charge in [0.1, 0.15) is 47.1 Å². The first-order valence-corrected chi connectivity index (χ1v) is 13.1. The summed E-state index contributed by atoms with van der Waals surface area (Å²) in [4.78, 5) is 53.0. The van der Waals surface area contributed by atoms with Gasteiger partial charge in [0, 0.05) is 16.4 Å². The van der Waals surface area contributed by atoms with Crippen molar-refractivity contribution in [3.8, 4) is 11.3 Å². The van der Waals surface area contributed by atoms with Gasteiger partial charge in [-0.1, -0.05) is 35.5 Å². The minimum Gasteiger partial charge on any atom is -1.00 e. The number of hydrogen-bond acceptors (Lipinski definition) is 9. The summed E-state index contributed by atoms with van der Waals surface area (Å²) in [5.41, 5.74) is 1.65. The molecule has 1 N–H and O–H groups in total. The fourth-order valence-electron chi connectivity index (χ4n) is 4.78. The molecule has 5 rings (SSSR count). The lowest BCUT2D eigenvalue weighted by Gasteiger charge is -2.43. The molecule has 2 amide bonds. The molecule has 2 aromatic heterocycles. The summed E-state index contributed by atoms with van der Waals surface area (Å²) in [6.07, 6.45) is 3.35. The monoisotopic (exact) mass is 678 g/mol. The van der Waals surface area contributed by atoms with Gasteiger partial charge in [-0.2, -0.15) is 0 Å². The van der Waals surface area contributed by atoms with E-state index in [4.69, 9.17) is 14.0 Å². The summed E-state index contributed by atoms with van der Waals surface area (Å²) in [7, 11) is 1.77. The van der Waals surface area contributed by atoms with E-state index in [9.17, 15) is 19.2 Å². The number of nitrogens with one attached hydrogen (secondary N) is 1. The molecular weight excluding hydrogens is 651 g/mol. The minimum atomic E-state index is -0.918. The Hall–Kier alpha value is -3.46. The average Bonchev–Trinajstić information content (AvgIpc) is 3.42. The minimum absolute atomic E-state index is 0. The molecule has 0 bridgehead atoms. The van der Waals surface area contributed by atoms with Crippen LogP contribution in [-0.2, 0) is 26.1 Å². The molecule has 4 heterocycles. The lowest BCUT2D eigenvalue weighted by molar-refractivity contribution is -0.671. The molecule has 2 aliphatic heterocycles. The number of benzene rings is 1. The topological polar surface area (TPSA) is 132 Å². The Morgan fingerprint density at radius 2 is 1.88 bits per heavy atom. The van der Waals surface area contributed by atoms with Crippen LogP contribution in [0.1, 0.15) is 40.3 Å². The summed E-state index contributed by atoms with van der Waals surface area (Å²) < 4.78 is 16.6. The van der Waals surface area contributed by atoms with Crippen LogP contribution in [0.3, 0.4) is 0 Å². The van der Waals surface area contributed by atoms with E-state index in [1.165, 1.54) is 16.7 Å². The van der Waals surface area contributed by atoms with Gasteiger partial charge < -0.3 is 48.2 Å². The van der Waals surface area contributed by atoms with Crippen molar-refractivity contribution in [3.63, 3.8) is 0 Å². The van der Waals surface area contributed by atoms with Crippen LogP contribution in [0.4, 0.5) is 0 Å². The summed E-state index contributed by atoms with van der Waals surface area (Å²) in [5, 5.41) is 6.36. The van der Waals surface area contributed by atoms with E-state index in [0.29, 0.717) is 22.6 Å². The van der Waals surface area contributed by atoms with Crippen molar-refractivity contribution in [2.24, 2.45) is 7.05 Å². The largest absolute Gasteiger partial charge is 1.00 e. The molecule has 0 spiro atoms. The van der Waals surface area contributed by atoms with Crippen molar-refractivity contribution in [2.45, 2.75) is 43.0 Å². The van der Waals surface area contributed by atoms with E-state index in [2.05, 4.69) is 10.5 Å². The van der Waals surface area contributed by atoms with E-state index >= 15 is 0 Å². The molecule has 0 saturated carbocycles. The van der Waals surface area contributed by atoms with Crippen LogP contribution in [0.15, 0.2) is 59.4 Å². The molecule has 3 aromatic rings. The lowest BCUT2D eigenvalue weighted by atomic mass is 9.95. The number of fused-ring (bicyclic) bond motifs is 1. The third-order valence-electron chi connectivity index (χ3n) is 6.65. The van der Waals surface area contributed by atoms with Gasteiger partial charge in [-0.15, -0.1) is 11.8 Å². The summed E-state index contributed by atoms with van der Waals surface area (Å²) >= 11 is 1.39. The SMILES string of the molecule is Cc1onc(-c2ccccc2)c1C(=O)NC1C(=O)N2C1SC(C)(C)C2C(=O)OCOC(=O)c1ccc[n+](C)c1.[I-]. The highest BCUT2D eigenvalue weighted by Gasteiger charge is 2.64. The number of halogens is 1. The summed E-state index contributed by atoms with van der Waals surface area (Å²) in [6, 6.07) is 10.7. The number of β-lactam (4-membered cyclic amide) rings is 1. The number of ether oxygens (including phenoxy) is 2. The third kappa shape index (κ3) is 5.44. The predicted molar refractivity (Wildman–Crippen MR) is 138 cm³/mol. The van der Waals surface area contributed by atoms with Gasteiger partial charge in [0.25, 0.3) is 5.91 Å². The number of pyridine rings is 1. The summed E-state index contributed by atoms with van der Waals surface area (Å²) in [5.74, 6) is -1.90. The van der Waals surface area contributed by atoms with E-state index in [-0.39, 0.29) is 29.5 Å². The second-order valence-electron chi connectivity index (χ2n) is 9.81. The fourth-order valence-corrected chi connectivity index (χ4v) is 6.41.